The van der Waals surface area contributed by atoms with Crippen molar-refractivity contribution in [3.63, 3.8) is 0 Å². The molecule has 2 aromatic heterocycles. The number of hydrogen-bond donors (Lipinski definition) is 4. The van der Waals surface area contributed by atoms with Crippen molar-refractivity contribution in [2.24, 2.45) is 5.16 Å². The van der Waals surface area contributed by atoms with Crippen LogP contribution < -0.4 is 11.1 Å². The molecule has 4 rings (SSSR count). The molecular formula is C20H19N7O7S2. The molecule has 0 bridgehead atoms. The average molecular weight is 534 g/mol. The lowest BCUT2D eigenvalue weighted by Gasteiger charge is -2.49. The van der Waals surface area contributed by atoms with E-state index >= 15 is 0 Å². The molecule has 0 radical (unpaired) electrons. The number of thioether (sulfide) groups is 1. The summed E-state index contributed by atoms with van der Waals surface area (Å²) in [6.45, 7) is 0. The van der Waals surface area contributed by atoms with Crippen molar-refractivity contribution in [1.29, 1.82) is 0 Å². The predicted octanol–water partition coefficient (Wildman–Crippen LogP) is 0.0454. The van der Waals surface area contributed by atoms with E-state index in [1.807, 2.05) is 0 Å². The summed E-state index contributed by atoms with van der Waals surface area (Å²) in [6.07, 6.45) is 2.92. The Balaban J connectivity index is 1.50. The highest BCUT2D eigenvalue weighted by Crippen LogP contribution is 2.40. The van der Waals surface area contributed by atoms with Crippen LogP contribution in [0.5, 0.6) is 0 Å². The van der Waals surface area contributed by atoms with Crippen LogP contribution in [0.15, 0.2) is 38.5 Å². The molecular weight excluding hydrogens is 514 g/mol. The quantitative estimate of drug-likeness (QED) is 0.162. The highest BCUT2D eigenvalue weighted by molar-refractivity contribution is 8.00. The molecule has 16 heteroatoms. The number of carboxylic acid groups (broad SMARTS) is 1. The first-order valence-electron chi connectivity index (χ1n) is 10.1. The Kier molecular flexibility index (Phi) is 6.80. The Morgan fingerprint density at radius 2 is 2.08 bits per heavy atom. The van der Waals surface area contributed by atoms with Crippen molar-refractivity contribution in [2.45, 2.75) is 11.4 Å². The molecule has 3 amide bonds. The van der Waals surface area contributed by atoms with Gasteiger partial charge < -0.3 is 30.8 Å². The summed E-state index contributed by atoms with van der Waals surface area (Å²) in [4.78, 5) is 55.7. The molecule has 4 heterocycles. The van der Waals surface area contributed by atoms with Crippen molar-refractivity contribution in [1.82, 2.24) is 25.3 Å². The van der Waals surface area contributed by atoms with E-state index in [-0.39, 0.29) is 39.6 Å². The number of nitrogens with two attached hydrogens (primary N) is 1. The maximum Gasteiger partial charge on any atom is 0.352 e. The first-order chi connectivity index (χ1) is 17.1. The average Bonchev–Trinajstić information content (AvgIpc) is 3.49. The smallest absolute Gasteiger partial charge is 0.352 e. The third kappa shape index (κ3) is 4.55. The van der Waals surface area contributed by atoms with Crippen LogP contribution in [0.3, 0.4) is 0 Å². The van der Waals surface area contributed by atoms with Crippen molar-refractivity contribution in [2.75, 3.05) is 25.6 Å². The van der Waals surface area contributed by atoms with Gasteiger partial charge in [0.05, 0.1) is 0 Å². The molecule has 36 heavy (non-hydrogen) atoms. The molecule has 2 aromatic rings. The Bertz CT molecular complexity index is 1340. The van der Waals surface area contributed by atoms with Gasteiger partial charge in [0.15, 0.2) is 22.3 Å². The van der Waals surface area contributed by atoms with E-state index in [4.69, 9.17) is 10.3 Å². The minimum atomic E-state index is -1.32. The zero-order valence-electron chi connectivity index (χ0n) is 18.7. The van der Waals surface area contributed by atoms with Crippen LogP contribution >= 0.6 is 23.1 Å². The number of thiazole rings is 1. The fraction of sp³-hybridized carbons (Fsp3) is 0.250. The molecule has 2 atom stereocenters. The highest BCUT2D eigenvalue weighted by Gasteiger charge is 2.54. The van der Waals surface area contributed by atoms with E-state index in [9.17, 15) is 29.5 Å². The zero-order valence-corrected chi connectivity index (χ0v) is 20.4. The molecule has 14 nitrogen and oxygen atoms in total. The highest BCUT2D eigenvalue weighted by atomic mass is 32.2. The van der Waals surface area contributed by atoms with Gasteiger partial charge in [-0.15, -0.1) is 23.1 Å². The zero-order chi connectivity index (χ0) is 26.1. The van der Waals surface area contributed by atoms with E-state index in [1.54, 1.807) is 14.1 Å². The molecule has 2 aliphatic heterocycles. The van der Waals surface area contributed by atoms with Gasteiger partial charge in [-0.25, -0.2) is 9.78 Å². The number of β-lactam (4-membered cyclic amide) rings is 1. The number of allylic oxidation sites excluding steroid dienone is 1. The lowest BCUT2D eigenvalue weighted by Crippen LogP contribution is -2.71. The number of carbonyl (C=O) groups excluding carboxylic acids is 3. The van der Waals surface area contributed by atoms with Gasteiger partial charge in [0.1, 0.15) is 22.8 Å². The predicted molar refractivity (Wildman–Crippen MR) is 128 cm³/mol. The Morgan fingerprint density at radius 1 is 1.33 bits per heavy atom. The van der Waals surface area contributed by atoms with Crippen molar-refractivity contribution < 1.29 is 34.0 Å². The van der Waals surface area contributed by atoms with Crippen LogP contribution in [0.25, 0.3) is 6.08 Å². The van der Waals surface area contributed by atoms with E-state index < -0.39 is 34.9 Å². The molecule has 0 saturated carbocycles. The fourth-order valence-electron chi connectivity index (χ4n) is 3.47. The van der Waals surface area contributed by atoms with Gasteiger partial charge in [0.25, 0.3) is 17.7 Å². The summed E-state index contributed by atoms with van der Waals surface area (Å²) in [7, 11) is 3.14. The molecule has 1 saturated heterocycles. The third-order valence-corrected chi connectivity index (χ3v) is 7.15. The number of oxime groups is 1. The molecule has 1 fully saturated rings. The first-order valence-corrected chi connectivity index (χ1v) is 12.1. The molecule has 188 valence electrons. The van der Waals surface area contributed by atoms with Crippen LogP contribution in [0.1, 0.15) is 21.9 Å². The first kappa shape index (κ1) is 24.9. The lowest BCUT2D eigenvalue weighted by molar-refractivity contribution is -0.150. The van der Waals surface area contributed by atoms with E-state index in [0.717, 1.165) is 16.2 Å². The molecule has 0 spiro atoms. The maximum atomic E-state index is 12.8. The van der Waals surface area contributed by atoms with E-state index in [2.05, 4.69) is 20.6 Å². The van der Waals surface area contributed by atoms with Crippen LogP contribution in [-0.4, -0.2) is 90.9 Å². The number of hydrogen-bond acceptors (Lipinski definition) is 12. The number of anilines is 1. The summed E-state index contributed by atoms with van der Waals surface area (Å²) in [6, 6.07) is 0.374. The molecule has 0 aromatic carbocycles. The minimum Gasteiger partial charge on any atom is -0.477 e. The number of carboxylic acids is 1. The maximum absolute atomic E-state index is 12.8. The second-order valence-corrected chi connectivity index (χ2v) is 9.70. The Morgan fingerprint density at radius 3 is 2.69 bits per heavy atom. The fourth-order valence-corrected chi connectivity index (χ4v) is 5.34. The summed E-state index contributed by atoms with van der Waals surface area (Å²) in [5.74, 6) is -2.75. The minimum absolute atomic E-state index is 0.0406. The summed E-state index contributed by atoms with van der Waals surface area (Å²) >= 11 is 2.28. The second-order valence-electron chi connectivity index (χ2n) is 7.71. The summed E-state index contributed by atoms with van der Waals surface area (Å²) in [5.41, 5.74) is 5.34. The van der Waals surface area contributed by atoms with Gasteiger partial charge in [-0.2, -0.15) is 0 Å². The standard InChI is InChI=1S/C20H19N7O7S2/c1-26(2)16(29)10-5-9(34-25-10)4-3-8-6-35-18-13(17(30)27(18)14(8)19(31)32)23-15(28)12(24-33)11-7-36-20(21)22-11/h3-5,7,13,18,33H,6H2,1-2H3,(H2,21,22)(H,23,28)(H,31,32)/b4-3-,24-12-/t13-,18-/m1/s1. The summed E-state index contributed by atoms with van der Waals surface area (Å²) < 4.78 is 5.10. The number of nitrogens with zero attached hydrogens (tertiary/aromatic N) is 5. The molecule has 0 aliphatic carbocycles. The number of aromatic nitrogens is 2. The Hall–Kier alpha value is -4.18. The van der Waals surface area contributed by atoms with Crippen LogP contribution in [0.2, 0.25) is 0 Å². The number of fused-ring (bicyclic) bond motifs is 1. The number of rotatable bonds is 7. The number of amides is 3. The van der Waals surface area contributed by atoms with Crippen molar-refractivity contribution in [3.8, 4) is 0 Å². The SMILES string of the molecule is CN(C)C(=O)c1cc(/C=C\C2=C(C(=O)O)N3C(=O)[C@@H](NC(=O)/C(=N\O)c4csc(N)n4)[C@H]3SC2)on1. The normalized spacial score (nSPS) is 19.8. The van der Waals surface area contributed by atoms with Crippen molar-refractivity contribution in [3.05, 3.63) is 45.9 Å². The van der Waals surface area contributed by atoms with E-state index in [1.165, 1.54) is 40.3 Å². The number of nitrogens with one attached hydrogen (secondary N) is 1. The van der Waals surface area contributed by atoms with Crippen LogP contribution in [0, 0.1) is 0 Å². The van der Waals surface area contributed by atoms with Crippen molar-refractivity contribution >= 4 is 63.7 Å². The largest absolute Gasteiger partial charge is 0.477 e. The van der Waals surface area contributed by atoms with E-state index in [0.29, 0.717) is 5.57 Å². The topological polar surface area (TPSA) is 205 Å². The second kappa shape index (κ2) is 9.82. The number of aliphatic carboxylic acids is 1. The van der Waals surface area contributed by atoms with Gasteiger partial charge >= 0.3 is 5.97 Å². The molecule has 0 unspecified atom stereocenters. The monoisotopic (exact) mass is 533 g/mol. The van der Waals surface area contributed by atoms with Crippen LogP contribution in [-0.2, 0) is 14.4 Å². The number of nitrogen functional groups attached to an aromatic ring is 1. The van der Waals surface area contributed by atoms with Gasteiger partial charge in [-0.05, 0) is 11.6 Å². The third-order valence-electron chi connectivity index (χ3n) is 5.17. The summed E-state index contributed by atoms with van der Waals surface area (Å²) in [5, 5.41) is 29.1. The van der Waals surface area contributed by atoms with Gasteiger partial charge in [-0.1, -0.05) is 16.4 Å². The van der Waals surface area contributed by atoms with Gasteiger partial charge in [-0.3, -0.25) is 19.3 Å². The lowest BCUT2D eigenvalue weighted by atomic mass is 10.0. The van der Waals surface area contributed by atoms with Crippen LogP contribution in [0.4, 0.5) is 5.13 Å². The molecule has 5 N–H and O–H groups in total. The Labute approximate surface area is 211 Å². The molecule has 2 aliphatic rings. The van der Waals surface area contributed by atoms with Gasteiger partial charge in [0, 0.05) is 31.3 Å². The van der Waals surface area contributed by atoms with Gasteiger partial charge in [0.2, 0.25) is 0 Å². The number of carbonyl (C=O) groups is 4.